The Balaban J connectivity index is 2.57. The molecule has 0 aliphatic heterocycles. The summed E-state index contributed by atoms with van der Waals surface area (Å²) >= 11 is 0. The Kier molecular flexibility index (Phi) is 13.2. The first-order valence-corrected chi connectivity index (χ1v) is 11.4. The van der Waals surface area contributed by atoms with Crippen molar-refractivity contribution >= 4 is 11.9 Å². The molecule has 0 aromatic heterocycles. The molecule has 0 heterocycles. The van der Waals surface area contributed by atoms with Crippen LogP contribution in [0.1, 0.15) is 91.4 Å². The summed E-state index contributed by atoms with van der Waals surface area (Å²) in [7, 11) is 1.48. The maximum absolute atomic E-state index is 11.6. The van der Waals surface area contributed by atoms with Gasteiger partial charge in [0, 0.05) is 20.3 Å². The molecule has 1 aliphatic carbocycles. The number of methoxy groups -OCH3 is 1. The zero-order valence-electron chi connectivity index (χ0n) is 19.2. The van der Waals surface area contributed by atoms with Crippen molar-refractivity contribution in [2.45, 2.75) is 110 Å². The van der Waals surface area contributed by atoms with Gasteiger partial charge in [0.1, 0.15) is 11.9 Å². The van der Waals surface area contributed by atoms with Gasteiger partial charge >= 0.3 is 11.9 Å². The largest absolute Gasteiger partial charge is 0.497 e. The molecule has 6 nitrogen and oxygen atoms in total. The summed E-state index contributed by atoms with van der Waals surface area (Å²) in [6.45, 7) is 4.96. The first kappa shape index (κ1) is 26.2. The molecule has 1 aliphatic rings. The second-order valence-electron chi connectivity index (χ2n) is 8.05. The van der Waals surface area contributed by atoms with Crippen LogP contribution in [0.5, 0.6) is 0 Å². The topological polar surface area (TPSA) is 82.1 Å². The van der Waals surface area contributed by atoms with Gasteiger partial charge in [0.15, 0.2) is 6.10 Å². The Bertz CT molecular complexity index is 580. The first-order chi connectivity index (χ1) is 14.4. The van der Waals surface area contributed by atoms with Gasteiger partial charge < -0.3 is 19.3 Å². The molecule has 30 heavy (non-hydrogen) atoms. The van der Waals surface area contributed by atoms with E-state index >= 15 is 0 Å². The fraction of sp³-hybridized carbons (Fsp3) is 0.750. The van der Waals surface area contributed by atoms with E-state index < -0.39 is 18.2 Å². The summed E-state index contributed by atoms with van der Waals surface area (Å²) in [5, 5.41) is 10.1. The number of rotatable bonds is 15. The van der Waals surface area contributed by atoms with Crippen LogP contribution in [0.25, 0.3) is 0 Å². The summed E-state index contributed by atoms with van der Waals surface area (Å²) in [6.07, 6.45) is 13.5. The van der Waals surface area contributed by atoms with E-state index in [9.17, 15) is 14.7 Å². The third kappa shape index (κ3) is 10.8. The van der Waals surface area contributed by atoms with Gasteiger partial charge in [0.2, 0.25) is 0 Å². The summed E-state index contributed by atoms with van der Waals surface area (Å²) in [4.78, 5) is 23.1. The number of carbonyl (C=O) groups is 2. The number of carbonyl (C=O) groups excluding carboxylic acids is 2. The normalized spacial score (nSPS) is 19.5. The van der Waals surface area contributed by atoms with Gasteiger partial charge in [0.05, 0.1) is 13.2 Å². The zero-order chi connectivity index (χ0) is 22.4. The minimum Gasteiger partial charge on any atom is -0.497 e. The Hall–Kier alpha value is -1.82. The van der Waals surface area contributed by atoms with E-state index in [1.54, 1.807) is 6.08 Å². The molecule has 3 atom stereocenters. The van der Waals surface area contributed by atoms with Gasteiger partial charge in [-0.05, 0) is 30.6 Å². The maximum atomic E-state index is 11.6. The van der Waals surface area contributed by atoms with Crippen molar-refractivity contribution in [1.29, 1.82) is 0 Å². The molecule has 0 saturated carbocycles. The minimum absolute atomic E-state index is 0.320. The van der Waals surface area contributed by atoms with Crippen LogP contribution in [-0.4, -0.2) is 42.5 Å². The van der Waals surface area contributed by atoms with Gasteiger partial charge in [-0.2, -0.15) is 0 Å². The fourth-order valence-electron chi connectivity index (χ4n) is 3.83. The lowest BCUT2D eigenvalue weighted by molar-refractivity contribution is -0.148. The fourth-order valence-corrected chi connectivity index (χ4v) is 3.83. The van der Waals surface area contributed by atoms with Crippen molar-refractivity contribution in [3.8, 4) is 0 Å². The molecule has 0 fully saturated rings. The number of aliphatic hydroxyl groups is 1. The van der Waals surface area contributed by atoms with E-state index in [1.807, 2.05) is 0 Å². The molecule has 6 heteroatoms. The molecular weight excluding hydrogens is 384 g/mol. The van der Waals surface area contributed by atoms with Crippen LogP contribution in [-0.2, 0) is 23.8 Å². The van der Waals surface area contributed by atoms with Crippen molar-refractivity contribution in [3.05, 3.63) is 23.5 Å². The number of esters is 2. The minimum atomic E-state index is -0.826. The number of hydrogen-bond acceptors (Lipinski definition) is 6. The van der Waals surface area contributed by atoms with Gasteiger partial charge in [-0.1, -0.05) is 58.3 Å². The molecule has 0 amide bonds. The number of unbranched alkanes of at least 4 members (excludes halogenated alkanes) is 8. The second-order valence-corrected chi connectivity index (χ2v) is 8.05. The van der Waals surface area contributed by atoms with Crippen LogP contribution in [0.4, 0.5) is 0 Å². The summed E-state index contributed by atoms with van der Waals surface area (Å²) in [6, 6.07) is 0. The molecular formula is C24H40O6. The Labute approximate surface area is 181 Å². The summed E-state index contributed by atoms with van der Waals surface area (Å²) in [5.41, 5.74) is 0.694. The highest BCUT2D eigenvalue weighted by molar-refractivity contribution is 5.67. The van der Waals surface area contributed by atoms with Crippen molar-refractivity contribution < 1.29 is 28.9 Å². The van der Waals surface area contributed by atoms with Crippen LogP contribution in [0.3, 0.4) is 0 Å². The van der Waals surface area contributed by atoms with Crippen LogP contribution in [0.15, 0.2) is 23.5 Å². The highest BCUT2D eigenvalue weighted by atomic mass is 16.6. The quantitative estimate of drug-likeness (QED) is 0.226. The van der Waals surface area contributed by atoms with Crippen LogP contribution < -0.4 is 0 Å². The predicted octanol–water partition coefficient (Wildman–Crippen LogP) is 4.99. The average Bonchev–Trinajstić information content (AvgIpc) is 2.67. The van der Waals surface area contributed by atoms with Crippen molar-refractivity contribution in [2.24, 2.45) is 0 Å². The molecule has 172 valence electrons. The molecule has 3 unspecified atom stereocenters. The third-order valence-corrected chi connectivity index (χ3v) is 5.26. The molecule has 0 spiro atoms. The highest BCUT2D eigenvalue weighted by Gasteiger charge is 2.30. The van der Waals surface area contributed by atoms with E-state index in [0.717, 1.165) is 19.3 Å². The predicted molar refractivity (Wildman–Crippen MR) is 117 cm³/mol. The van der Waals surface area contributed by atoms with Gasteiger partial charge in [-0.25, -0.2) is 0 Å². The van der Waals surface area contributed by atoms with E-state index in [-0.39, 0.29) is 12.1 Å². The summed E-state index contributed by atoms with van der Waals surface area (Å²) in [5.74, 6) is -0.382. The Morgan fingerprint density at radius 2 is 1.57 bits per heavy atom. The van der Waals surface area contributed by atoms with Crippen LogP contribution >= 0.6 is 0 Å². The molecule has 0 saturated heterocycles. The number of ether oxygens (including phenoxy) is 3. The highest BCUT2D eigenvalue weighted by Crippen LogP contribution is 2.29. The lowest BCUT2D eigenvalue weighted by Gasteiger charge is -2.29. The third-order valence-electron chi connectivity index (χ3n) is 5.26. The van der Waals surface area contributed by atoms with E-state index in [1.165, 1.54) is 72.0 Å². The Morgan fingerprint density at radius 1 is 0.967 bits per heavy atom. The van der Waals surface area contributed by atoms with E-state index in [0.29, 0.717) is 17.8 Å². The molecule has 0 radical (unpaired) electrons. The molecule has 0 bridgehead atoms. The lowest BCUT2D eigenvalue weighted by Crippen LogP contribution is -2.30. The number of aliphatic hydroxyl groups excluding tert-OH is 1. The standard InChI is InChI=1S/C24H40O6/c1-5-6-7-8-9-10-11-12-13-14-22(29-18(2)25)16-20-15-21(27)17-23(28-4)24(20)30-19(3)26/h15,17,21-22,24,27H,5-14,16H2,1-4H3. The monoisotopic (exact) mass is 424 g/mol. The molecule has 1 rings (SSSR count). The van der Waals surface area contributed by atoms with E-state index in [4.69, 9.17) is 14.2 Å². The number of hydrogen-bond donors (Lipinski definition) is 1. The van der Waals surface area contributed by atoms with Crippen LogP contribution in [0, 0.1) is 0 Å². The van der Waals surface area contributed by atoms with Gasteiger partial charge in [-0.15, -0.1) is 0 Å². The van der Waals surface area contributed by atoms with Crippen LogP contribution in [0.2, 0.25) is 0 Å². The lowest BCUT2D eigenvalue weighted by atomic mass is 9.92. The maximum Gasteiger partial charge on any atom is 0.303 e. The van der Waals surface area contributed by atoms with Crippen molar-refractivity contribution in [2.75, 3.05) is 7.11 Å². The molecule has 0 aromatic rings. The summed E-state index contributed by atoms with van der Waals surface area (Å²) < 4.78 is 16.2. The second kappa shape index (κ2) is 15.1. The molecule has 0 aromatic carbocycles. The Morgan fingerprint density at radius 3 is 2.10 bits per heavy atom. The van der Waals surface area contributed by atoms with Crippen molar-refractivity contribution in [1.82, 2.24) is 0 Å². The zero-order valence-corrected chi connectivity index (χ0v) is 19.2. The van der Waals surface area contributed by atoms with Gasteiger partial charge in [0.25, 0.3) is 0 Å². The first-order valence-electron chi connectivity index (χ1n) is 11.4. The van der Waals surface area contributed by atoms with Crippen molar-refractivity contribution in [3.63, 3.8) is 0 Å². The van der Waals surface area contributed by atoms with Gasteiger partial charge in [-0.3, -0.25) is 9.59 Å². The molecule has 1 N–H and O–H groups in total. The van der Waals surface area contributed by atoms with E-state index in [2.05, 4.69) is 6.92 Å². The smallest absolute Gasteiger partial charge is 0.303 e. The average molecular weight is 425 g/mol. The SMILES string of the molecule is CCCCCCCCCCCC(CC1=CC(O)C=C(OC)C1OC(C)=O)OC(C)=O.